The van der Waals surface area contributed by atoms with E-state index in [0.29, 0.717) is 19.3 Å². The first kappa shape index (κ1) is 19.5. The van der Waals surface area contributed by atoms with Gasteiger partial charge >= 0.3 is 12.2 Å². The van der Waals surface area contributed by atoms with Gasteiger partial charge in [-0.05, 0) is 60.8 Å². The highest BCUT2D eigenvalue weighted by atomic mass is 16.6. The lowest BCUT2D eigenvalue weighted by Crippen LogP contribution is -2.56. The van der Waals surface area contributed by atoms with Crippen molar-refractivity contribution in [3.05, 3.63) is 0 Å². The molecule has 3 N–H and O–H groups in total. The lowest BCUT2D eigenvalue weighted by molar-refractivity contribution is 0.0325. The topological polar surface area (TPSA) is 96.9 Å². The number of aliphatic hydroxyl groups is 1. The quantitative estimate of drug-likeness (QED) is 0.722. The second-order valence-corrected chi connectivity index (χ2v) is 7.97. The zero-order chi connectivity index (χ0) is 17.8. The van der Waals surface area contributed by atoms with Crippen LogP contribution in [0, 0.1) is 0 Å². The van der Waals surface area contributed by atoms with Crippen LogP contribution in [-0.2, 0) is 9.47 Å². The fourth-order valence-corrected chi connectivity index (χ4v) is 2.40. The van der Waals surface area contributed by atoms with Gasteiger partial charge in [0.2, 0.25) is 0 Å². The summed E-state index contributed by atoms with van der Waals surface area (Å²) in [5.41, 5.74) is -1.20. The van der Waals surface area contributed by atoms with E-state index in [1.165, 1.54) is 0 Å². The molecular formula is C16H30N2O5. The molecular weight excluding hydrogens is 300 g/mol. The molecule has 23 heavy (non-hydrogen) atoms. The molecule has 0 aromatic rings. The lowest BCUT2D eigenvalue weighted by atomic mass is 9.88. The van der Waals surface area contributed by atoms with Gasteiger partial charge in [-0.15, -0.1) is 0 Å². The summed E-state index contributed by atoms with van der Waals surface area (Å²) in [6.07, 6.45) is -0.123. The van der Waals surface area contributed by atoms with E-state index in [-0.39, 0.29) is 6.04 Å². The number of carbonyl (C=O) groups excluding carboxylic acids is 2. The van der Waals surface area contributed by atoms with Crippen molar-refractivity contribution in [1.82, 2.24) is 10.6 Å². The van der Waals surface area contributed by atoms with E-state index in [2.05, 4.69) is 10.6 Å². The van der Waals surface area contributed by atoms with Crippen LogP contribution in [0.15, 0.2) is 0 Å². The van der Waals surface area contributed by atoms with Gasteiger partial charge in [0.05, 0.1) is 18.2 Å². The van der Waals surface area contributed by atoms with E-state index in [0.717, 1.165) is 0 Å². The molecule has 0 aromatic carbocycles. The van der Waals surface area contributed by atoms with Gasteiger partial charge < -0.3 is 25.2 Å². The fraction of sp³-hybridized carbons (Fsp3) is 0.875. The second kappa shape index (κ2) is 7.38. The van der Waals surface area contributed by atoms with E-state index >= 15 is 0 Å². The van der Waals surface area contributed by atoms with Crippen molar-refractivity contribution in [2.45, 2.75) is 90.2 Å². The average molecular weight is 330 g/mol. The number of rotatable bonds is 2. The van der Waals surface area contributed by atoms with Crippen LogP contribution in [0.3, 0.4) is 0 Å². The number of aliphatic hydroxyl groups excluding tert-OH is 1. The van der Waals surface area contributed by atoms with Crippen LogP contribution in [0.25, 0.3) is 0 Å². The molecule has 7 nitrogen and oxygen atoms in total. The predicted octanol–water partition coefficient (Wildman–Crippen LogP) is 2.32. The number of carbonyl (C=O) groups is 2. The van der Waals surface area contributed by atoms with Gasteiger partial charge in [0.25, 0.3) is 0 Å². The Labute approximate surface area is 138 Å². The molecule has 3 atom stereocenters. The van der Waals surface area contributed by atoms with E-state index < -0.39 is 35.5 Å². The number of amides is 2. The Kier molecular flexibility index (Phi) is 6.27. The molecule has 1 saturated carbocycles. The van der Waals surface area contributed by atoms with Crippen LogP contribution >= 0.6 is 0 Å². The first-order chi connectivity index (χ1) is 10.4. The Morgan fingerprint density at radius 2 is 1.30 bits per heavy atom. The predicted molar refractivity (Wildman–Crippen MR) is 86.2 cm³/mol. The highest BCUT2D eigenvalue weighted by molar-refractivity contribution is 5.70. The van der Waals surface area contributed by atoms with Crippen molar-refractivity contribution in [2.24, 2.45) is 0 Å². The monoisotopic (exact) mass is 330 g/mol. The first-order valence-corrected chi connectivity index (χ1v) is 8.03. The normalized spacial score (nSPS) is 25.4. The maximum Gasteiger partial charge on any atom is 0.407 e. The average Bonchev–Trinajstić information content (AvgIpc) is 2.27. The minimum absolute atomic E-state index is 0.305. The van der Waals surface area contributed by atoms with E-state index in [9.17, 15) is 14.7 Å². The third kappa shape index (κ3) is 8.06. The van der Waals surface area contributed by atoms with Crippen LogP contribution in [0.1, 0.15) is 60.8 Å². The van der Waals surface area contributed by atoms with Crippen LogP contribution in [0.2, 0.25) is 0 Å². The van der Waals surface area contributed by atoms with Gasteiger partial charge in [0.15, 0.2) is 0 Å². The van der Waals surface area contributed by atoms with E-state index in [4.69, 9.17) is 9.47 Å². The highest BCUT2D eigenvalue weighted by Crippen LogP contribution is 2.21. The van der Waals surface area contributed by atoms with E-state index in [1.54, 1.807) is 41.5 Å². The summed E-state index contributed by atoms with van der Waals surface area (Å²) < 4.78 is 10.5. The Bertz CT molecular complexity index is 425. The Morgan fingerprint density at radius 3 is 1.74 bits per heavy atom. The molecule has 134 valence electrons. The highest BCUT2D eigenvalue weighted by Gasteiger charge is 2.34. The van der Waals surface area contributed by atoms with Crippen molar-refractivity contribution in [3.8, 4) is 0 Å². The Balaban J connectivity index is 2.64. The van der Waals surface area contributed by atoms with Crippen LogP contribution in [0.5, 0.6) is 0 Å². The number of ether oxygens (including phenoxy) is 2. The van der Waals surface area contributed by atoms with Crippen LogP contribution in [0.4, 0.5) is 9.59 Å². The van der Waals surface area contributed by atoms with Gasteiger partial charge in [-0.2, -0.15) is 0 Å². The van der Waals surface area contributed by atoms with Crippen molar-refractivity contribution < 1.29 is 24.2 Å². The third-order valence-corrected chi connectivity index (χ3v) is 3.23. The molecule has 0 aromatic heterocycles. The zero-order valence-corrected chi connectivity index (χ0v) is 14.9. The first-order valence-electron chi connectivity index (χ1n) is 8.03. The molecule has 1 aliphatic rings. The van der Waals surface area contributed by atoms with Crippen molar-refractivity contribution in [3.63, 3.8) is 0 Å². The van der Waals surface area contributed by atoms with Crippen LogP contribution in [-0.4, -0.2) is 46.7 Å². The zero-order valence-electron chi connectivity index (χ0n) is 14.9. The molecule has 0 aliphatic heterocycles. The summed E-state index contributed by atoms with van der Waals surface area (Å²) in [7, 11) is 0. The number of hydrogen-bond acceptors (Lipinski definition) is 5. The number of hydrogen-bond donors (Lipinski definition) is 3. The smallest absolute Gasteiger partial charge is 0.407 e. The minimum atomic E-state index is -0.606. The van der Waals surface area contributed by atoms with Gasteiger partial charge in [0.1, 0.15) is 11.2 Å². The molecule has 1 fully saturated rings. The van der Waals surface area contributed by atoms with Gasteiger partial charge in [-0.1, -0.05) is 0 Å². The summed E-state index contributed by atoms with van der Waals surface area (Å²) in [4.78, 5) is 23.9. The molecule has 0 heterocycles. The third-order valence-electron chi connectivity index (χ3n) is 3.23. The minimum Gasteiger partial charge on any atom is -0.444 e. The number of alkyl carbamates (subject to hydrolysis) is 2. The SMILES string of the molecule is CC(C)(C)OC(=O)NC1CC(O)CC[C@@H]1NC(=O)OC(C)(C)C. The summed E-state index contributed by atoms with van der Waals surface area (Å²) in [6.45, 7) is 10.7. The summed E-state index contributed by atoms with van der Waals surface area (Å²) in [5.74, 6) is 0. The van der Waals surface area contributed by atoms with Crippen molar-refractivity contribution >= 4 is 12.2 Å². The van der Waals surface area contributed by atoms with Crippen molar-refractivity contribution in [1.29, 1.82) is 0 Å². The lowest BCUT2D eigenvalue weighted by Gasteiger charge is -2.35. The Morgan fingerprint density at radius 1 is 0.870 bits per heavy atom. The van der Waals surface area contributed by atoms with Crippen molar-refractivity contribution in [2.75, 3.05) is 0 Å². The molecule has 1 rings (SSSR count). The molecule has 0 spiro atoms. The van der Waals surface area contributed by atoms with Gasteiger partial charge in [-0.3, -0.25) is 0 Å². The van der Waals surface area contributed by atoms with Gasteiger partial charge in [0, 0.05) is 0 Å². The standard InChI is InChI=1S/C16H30N2O5/c1-15(2,3)22-13(20)17-11-8-7-10(19)9-12(11)18-14(21)23-16(4,5)6/h10-12,19H,7-9H2,1-6H3,(H,17,20)(H,18,21)/t10?,11-,12?/m0/s1. The largest absolute Gasteiger partial charge is 0.444 e. The maximum absolute atomic E-state index is 11.9. The molecule has 1 aliphatic carbocycles. The summed E-state index contributed by atoms with van der Waals surface area (Å²) in [5, 5.41) is 15.3. The summed E-state index contributed by atoms with van der Waals surface area (Å²) >= 11 is 0. The second-order valence-electron chi connectivity index (χ2n) is 7.97. The van der Waals surface area contributed by atoms with E-state index in [1.807, 2.05) is 0 Å². The Hall–Kier alpha value is -1.50. The molecule has 0 saturated heterocycles. The van der Waals surface area contributed by atoms with Crippen LogP contribution < -0.4 is 10.6 Å². The molecule has 7 heteroatoms. The molecule has 0 radical (unpaired) electrons. The molecule has 0 bridgehead atoms. The fourth-order valence-electron chi connectivity index (χ4n) is 2.40. The molecule has 2 unspecified atom stereocenters. The maximum atomic E-state index is 11.9. The summed E-state index contributed by atoms with van der Waals surface area (Å²) in [6, 6.07) is -0.707. The molecule has 2 amide bonds. The van der Waals surface area contributed by atoms with Gasteiger partial charge in [-0.25, -0.2) is 9.59 Å². The number of nitrogens with one attached hydrogen (secondary N) is 2.